The van der Waals surface area contributed by atoms with Gasteiger partial charge >= 0.3 is 0 Å². The lowest BCUT2D eigenvalue weighted by Crippen LogP contribution is -2.46. The minimum absolute atomic E-state index is 0.0355. The predicted molar refractivity (Wildman–Crippen MR) is 132 cm³/mol. The maximum absolute atomic E-state index is 12.6. The minimum Gasteiger partial charge on any atom is -0.379 e. The van der Waals surface area contributed by atoms with Crippen LogP contribution < -0.4 is 5.32 Å². The molecule has 0 unspecified atom stereocenters. The van der Waals surface area contributed by atoms with Crippen LogP contribution in [0.1, 0.15) is 34.3 Å². The standard InChI is InChI=1S/C27H38N4O2/c32-27(26-10-6-9-25(21-26)23-31-17-19-33-20-18-31)28-11-4-5-12-29-13-15-30(16-14-29)22-24-7-2-1-3-8-24/h1-3,6-10,21H,4-5,11-20,22-23H2,(H,28,32). The molecule has 2 saturated heterocycles. The highest BCUT2D eigenvalue weighted by molar-refractivity contribution is 5.94. The Labute approximate surface area is 198 Å². The van der Waals surface area contributed by atoms with E-state index in [0.717, 1.165) is 97.1 Å². The third kappa shape index (κ3) is 7.93. The van der Waals surface area contributed by atoms with Gasteiger partial charge in [-0.2, -0.15) is 0 Å². The van der Waals surface area contributed by atoms with Crippen molar-refractivity contribution in [1.29, 1.82) is 0 Å². The second kappa shape index (κ2) is 12.8. The summed E-state index contributed by atoms with van der Waals surface area (Å²) in [5, 5.41) is 3.10. The number of unbranched alkanes of at least 4 members (excludes halogenated alkanes) is 1. The Morgan fingerprint density at radius 3 is 2.21 bits per heavy atom. The molecule has 0 radical (unpaired) electrons. The van der Waals surface area contributed by atoms with Crippen molar-refractivity contribution in [3.05, 3.63) is 71.3 Å². The van der Waals surface area contributed by atoms with Crippen molar-refractivity contribution in [1.82, 2.24) is 20.0 Å². The van der Waals surface area contributed by atoms with E-state index in [1.807, 2.05) is 18.2 Å². The van der Waals surface area contributed by atoms with Crippen LogP contribution >= 0.6 is 0 Å². The van der Waals surface area contributed by atoms with E-state index >= 15 is 0 Å². The van der Waals surface area contributed by atoms with Gasteiger partial charge in [0.05, 0.1) is 13.2 Å². The fourth-order valence-electron chi connectivity index (χ4n) is 4.61. The number of hydrogen-bond acceptors (Lipinski definition) is 5. The lowest BCUT2D eigenvalue weighted by atomic mass is 10.1. The van der Waals surface area contributed by atoms with Gasteiger partial charge in [-0.1, -0.05) is 42.5 Å². The Morgan fingerprint density at radius 2 is 1.42 bits per heavy atom. The van der Waals surface area contributed by atoms with Crippen LogP contribution in [0.5, 0.6) is 0 Å². The van der Waals surface area contributed by atoms with Gasteiger partial charge in [0.15, 0.2) is 0 Å². The van der Waals surface area contributed by atoms with Crippen molar-refractivity contribution in [2.45, 2.75) is 25.9 Å². The quantitative estimate of drug-likeness (QED) is 0.564. The summed E-state index contributed by atoms with van der Waals surface area (Å²) in [5.41, 5.74) is 3.35. The Bertz CT molecular complexity index is 846. The lowest BCUT2D eigenvalue weighted by Gasteiger charge is -2.34. The van der Waals surface area contributed by atoms with Crippen LogP contribution in [0.3, 0.4) is 0 Å². The van der Waals surface area contributed by atoms with E-state index in [-0.39, 0.29) is 5.91 Å². The van der Waals surface area contributed by atoms with Crippen molar-refractivity contribution in [2.75, 3.05) is 65.6 Å². The summed E-state index contributed by atoms with van der Waals surface area (Å²) >= 11 is 0. The van der Waals surface area contributed by atoms with Crippen molar-refractivity contribution >= 4 is 5.91 Å². The monoisotopic (exact) mass is 450 g/mol. The molecule has 4 rings (SSSR count). The van der Waals surface area contributed by atoms with E-state index in [1.54, 1.807) is 0 Å². The highest BCUT2D eigenvalue weighted by Crippen LogP contribution is 2.11. The molecule has 2 heterocycles. The Kier molecular flexibility index (Phi) is 9.30. The van der Waals surface area contributed by atoms with Crippen molar-refractivity contribution in [2.24, 2.45) is 0 Å². The summed E-state index contributed by atoms with van der Waals surface area (Å²) in [5.74, 6) is 0.0355. The number of rotatable bonds is 10. The van der Waals surface area contributed by atoms with E-state index in [1.165, 1.54) is 11.1 Å². The molecule has 178 valence electrons. The van der Waals surface area contributed by atoms with Crippen LogP contribution in [-0.4, -0.2) is 86.2 Å². The lowest BCUT2D eigenvalue weighted by molar-refractivity contribution is 0.0342. The first-order valence-corrected chi connectivity index (χ1v) is 12.4. The molecular formula is C27H38N4O2. The van der Waals surface area contributed by atoms with E-state index in [9.17, 15) is 4.79 Å². The molecule has 0 spiro atoms. The van der Waals surface area contributed by atoms with E-state index in [0.29, 0.717) is 0 Å². The van der Waals surface area contributed by atoms with Gasteiger partial charge in [0.25, 0.3) is 5.91 Å². The topological polar surface area (TPSA) is 48.1 Å². The average Bonchev–Trinajstić information content (AvgIpc) is 2.86. The van der Waals surface area contributed by atoms with Crippen LogP contribution in [0.15, 0.2) is 54.6 Å². The van der Waals surface area contributed by atoms with Crippen molar-refractivity contribution < 1.29 is 9.53 Å². The van der Waals surface area contributed by atoms with Gasteiger partial charge in [-0.15, -0.1) is 0 Å². The normalized spacial score (nSPS) is 18.3. The molecule has 0 aliphatic carbocycles. The number of carbonyl (C=O) groups is 1. The molecule has 6 heteroatoms. The summed E-state index contributed by atoms with van der Waals surface area (Å²) < 4.78 is 5.42. The first kappa shape index (κ1) is 23.9. The SMILES string of the molecule is O=C(NCCCCN1CCN(Cc2ccccc2)CC1)c1cccc(CN2CCOCC2)c1. The molecule has 0 saturated carbocycles. The second-order valence-electron chi connectivity index (χ2n) is 9.16. The minimum atomic E-state index is 0.0355. The Balaban J connectivity index is 1.09. The largest absolute Gasteiger partial charge is 0.379 e. The molecule has 33 heavy (non-hydrogen) atoms. The number of benzene rings is 2. The van der Waals surface area contributed by atoms with Gasteiger partial charge in [-0.3, -0.25) is 14.6 Å². The predicted octanol–water partition coefficient (Wildman–Crippen LogP) is 2.85. The van der Waals surface area contributed by atoms with Crippen molar-refractivity contribution in [3.8, 4) is 0 Å². The van der Waals surface area contributed by atoms with Gasteiger partial charge < -0.3 is 15.0 Å². The van der Waals surface area contributed by atoms with Gasteiger partial charge in [0.2, 0.25) is 0 Å². The molecule has 2 aromatic carbocycles. The molecule has 2 aliphatic heterocycles. The third-order valence-corrected chi connectivity index (χ3v) is 6.60. The average molecular weight is 451 g/mol. The zero-order valence-corrected chi connectivity index (χ0v) is 19.8. The molecule has 0 atom stereocenters. The van der Waals surface area contributed by atoms with E-state index in [4.69, 9.17) is 4.74 Å². The summed E-state index contributed by atoms with van der Waals surface area (Å²) in [4.78, 5) is 20.1. The zero-order chi connectivity index (χ0) is 22.7. The summed E-state index contributed by atoms with van der Waals surface area (Å²) in [7, 11) is 0. The smallest absolute Gasteiger partial charge is 0.251 e. The van der Waals surface area contributed by atoms with Crippen LogP contribution in [0.25, 0.3) is 0 Å². The highest BCUT2D eigenvalue weighted by atomic mass is 16.5. The molecule has 2 aromatic rings. The van der Waals surface area contributed by atoms with Crippen LogP contribution in [0.4, 0.5) is 0 Å². The molecule has 0 aromatic heterocycles. The van der Waals surface area contributed by atoms with Crippen molar-refractivity contribution in [3.63, 3.8) is 0 Å². The molecule has 1 amide bonds. The number of carbonyl (C=O) groups excluding carboxylic acids is 1. The zero-order valence-electron chi connectivity index (χ0n) is 19.8. The van der Waals surface area contributed by atoms with Crippen LogP contribution in [0, 0.1) is 0 Å². The number of ether oxygens (including phenoxy) is 1. The summed E-state index contributed by atoms with van der Waals surface area (Å²) in [6, 6.07) is 18.8. The van der Waals surface area contributed by atoms with E-state index < -0.39 is 0 Å². The first-order valence-electron chi connectivity index (χ1n) is 12.4. The van der Waals surface area contributed by atoms with Gasteiger partial charge in [0, 0.05) is 64.5 Å². The Morgan fingerprint density at radius 1 is 0.758 bits per heavy atom. The van der Waals surface area contributed by atoms with Gasteiger partial charge in [-0.25, -0.2) is 0 Å². The van der Waals surface area contributed by atoms with Gasteiger partial charge in [0.1, 0.15) is 0 Å². The number of morpholine rings is 1. The number of nitrogens with one attached hydrogen (secondary N) is 1. The number of piperazine rings is 1. The van der Waals surface area contributed by atoms with Crippen LogP contribution in [-0.2, 0) is 17.8 Å². The maximum Gasteiger partial charge on any atom is 0.251 e. The third-order valence-electron chi connectivity index (χ3n) is 6.60. The molecule has 0 bridgehead atoms. The number of amides is 1. The fourth-order valence-corrected chi connectivity index (χ4v) is 4.61. The molecule has 2 aliphatic rings. The highest BCUT2D eigenvalue weighted by Gasteiger charge is 2.16. The molecule has 2 fully saturated rings. The van der Waals surface area contributed by atoms with Crippen LogP contribution in [0.2, 0.25) is 0 Å². The van der Waals surface area contributed by atoms with E-state index in [2.05, 4.69) is 56.4 Å². The number of nitrogens with zero attached hydrogens (tertiary/aromatic N) is 3. The Hall–Kier alpha value is -2.25. The maximum atomic E-state index is 12.6. The number of hydrogen-bond donors (Lipinski definition) is 1. The molecule has 6 nitrogen and oxygen atoms in total. The molecular weight excluding hydrogens is 412 g/mol. The summed E-state index contributed by atoms with van der Waals surface area (Å²) in [6.45, 7) is 11.8. The molecule has 1 N–H and O–H groups in total. The fraction of sp³-hybridized carbons (Fsp3) is 0.519. The first-order chi connectivity index (χ1) is 16.3. The van der Waals surface area contributed by atoms with Gasteiger partial charge in [-0.05, 0) is 42.6 Å². The summed E-state index contributed by atoms with van der Waals surface area (Å²) in [6.07, 6.45) is 2.14. The second-order valence-corrected chi connectivity index (χ2v) is 9.16.